The third-order valence-corrected chi connectivity index (χ3v) is 4.75. The molecule has 2 amide bonds. The maximum absolute atomic E-state index is 12.1. The fraction of sp³-hybridized carbons (Fsp3) is 0.389. The van der Waals surface area contributed by atoms with Crippen molar-refractivity contribution in [2.75, 3.05) is 6.61 Å². The van der Waals surface area contributed by atoms with E-state index < -0.39 is 18.6 Å². The van der Waals surface area contributed by atoms with Crippen molar-refractivity contribution < 1.29 is 14.7 Å². The molecule has 1 aromatic heterocycles. The summed E-state index contributed by atoms with van der Waals surface area (Å²) in [6.07, 6.45) is 0. The Morgan fingerprint density at radius 1 is 1.20 bits per heavy atom. The molecule has 0 spiro atoms. The number of aliphatic hydroxyl groups excluding tert-OH is 1. The molecule has 0 unspecified atom stereocenters. The lowest BCUT2D eigenvalue weighted by molar-refractivity contribution is -0.131. The Kier molecular flexibility index (Phi) is 6.66. The minimum absolute atomic E-state index is 0.246. The van der Waals surface area contributed by atoms with Gasteiger partial charge in [-0.05, 0) is 18.1 Å². The molecule has 2 rings (SSSR count). The summed E-state index contributed by atoms with van der Waals surface area (Å²) in [5.41, 5.74) is 4.84. The number of aryl methyl sites for hydroxylation is 1. The fourth-order valence-corrected chi connectivity index (χ4v) is 3.01. The number of nitrogens with one attached hydrogen (secondary N) is 2. The summed E-state index contributed by atoms with van der Waals surface area (Å²) in [5.74, 6) is -0.915. The number of thiazole rings is 1. The van der Waals surface area contributed by atoms with Gasteiger partial charge in [-0.2, -0.15) is 0 Å². The fourth-order valence-electron chi connectivity index (χ4n) is 2.20. The van der Waals surface area contributed by atoms with E-state index in [9.17, 15) is 14.7 Å². The third-order valence-electron chi connectivity index (χ3n) is 3.77. The van der Waals surface area contributed by atoms with Crippen molar-refractivity contribution in [3.8, 4) is 10.4 Å². The van der Waals surface area contributed by atoms with Crippen LogP contribution in [0.25, 0.3) is 10.4 Å². The smallest absolute Gasteiger partial charge is 0.245 e. The van der Waals surface area contributed by atoms with E-state index in [0.29, 0.717) is 6.54 Å². The molecular formula is C18H23N3O3S. The minimum Gasteiger partial charge on any atom is -0.394 e. The second-order valence-corrected chi connectivity index (χ2v) is 6.93. The average molecular weight is 361 g/mol. The SMILES string of the molecule is Cc1ncsc1-c1ccc(CNC(=O)[C@H](CO)NC(=O)C(C)C)cc1. The van der Waals surface area contributed by atoms with Gasteiger partial charge in [0.1, 0.15) is 6.04 Å². The van der Waals surface area contributed by atoms with Crippen molar-refractivity contribution in [1.29, 1.82) is 0 Å². The lowest BCUT2D eigenvalue weighted by atomic mass is 10.1. The molecule has 0 aliphatic heterocycles. The molecule has 1 aromatic carbocycles. The zero-order valence-electron chi connectivity index (χ0n) is 14.6. The van der Waals surface area contributed by atoms with Gasteiger partial charge in [-0.15, -0.1) is 11.3 Å². The summed E-state index contributed by atoms with van der Waals surface area (Å²) in [7, 11) is 0. The molecule has 0 aliphatic rings. The Morgan fingerprint density at radius 2 is 1.88 bits per heavy atom. The van der Waals surface area contributed by atoms with E-state index in [1.807, 2.05) is 36.7 Å². The molecule has 0 radical (unpaired) electrons. The largest absolute Gasteiger partial charge is 0.394 e. The number of aliphatic hydroxyl groups is 1. The number of amides is 2. The molecule has 1 heterocycles. The summed E-state index contributed by atoms with van der Waals surface area (Å²) in [4.78, 5) is 29.1. The van der Waals surface area contributed by atoms with Crippen LogP contribution >= 0.6 is 11.3 Å². The van der Waals surface area contributed by atoms with Crippen LogP contribution in [0.3, 0.4) is 0 Å². The van der Waals surface area contributed by atoms with E-state index in [-0.39, 0.29) is 11.8 Å². The van der Waals surface area contributed by atoms with Crippen molar-refractivity contribution in [2.24, 2.45) is 5.92 Å². The zero-order chi connectivity index (χ0) is 18.4. The van der Waals surface area contributed by atoms with Gasteiger partial charge in [0, 0.05) is 12.5 Å². The van der Waals surface area contributed by atoms with Crippen LogP contribution < -0.4 is 10.6 Å². The van der Waals surface area contributed by atoms with Gasteiger partial charge >= 0.3 is 0 Å². The Hall–Kier alpha value is -2.25. The quantitative estimate of drug-likeness (QED) is 0.702. The molecular weight excluding hydrogens is 338 g/mol. The van der Waals surface area contributed by atoms with Gasteiger partial charge in [-0.1, -0.05) is 38.1 Å². The maximum Gasteiger partial charge on any atom is 0.245 e. The van der Waals surface area contributed by atoms with Gasteiger partial charge in [0.15, 0.2) is 0 Å². The molecule has 0 bridgehead atoms. The van der Waals surface area contributed by atoms with E-state index in [4.69, 9.17) is 0 Å². The van der Waals surface area contributed by atoms with Gasteiger partial charge in [-0.25, -0.2) is 4.98 Å². The van der Waals surface area contributed by atoms with Crippen LogP contribution in [0, 0.1) is 12.8 Å². The van der Waals surface area contributed by atoms with Gasteiger partial charge < -0.3 is 15.7 Å². The first kappa shape index (κ1) is 19.1. The third kappa shape index (κ3) is 5.11. The Morgan fingerprint density at radius 3 is 2.40 bits per heavy atom. The number of benzene rings is 1. The van der Waals surface area contributed by atoms with Crippen LogP contribution in [-0.2, 0) is 16.1 Å². The van der Waals surface area contributed by atoms with Gasteiger partial charge in [-0.3, -0.25) is 9.59 Å². The van der Waals surface area contributed by atoms with Crippen molar-refractivity contribution in [3.63, 3.8) is 0 Å². The standard InChI is InChI=1S/C18H23N3O3S/c1-11(2)17(23)21-15(9-22)18(24)19-8-13-4-6-14(7-5-13)16-12(3)20-10-25-16/h4-7,10-11,15,22H,8-9H2,1-3H3,(H,19,24)(H,21,23)/t15-/m0/s1. The predicted octanol–water partition coefficient (Wildman–Crippen LogP) is 1.87. The van der Waals surface area contributed by atoms with Crippen LogP contribution in [0.1, 0.15) is 25.1 Å². The first-order chi connectivity index (χ1) is 11.9. The maximum atomic E-state index is 12.1. The number of carbonyl (C=O) groups is 2. The number of hydrogen-bond acceptors (Lipinski definition) is 5. The molecule has 7 heteroatoms. The highest BCUT2D eigenvalue weighted by molar-refractivity contribution is 7.13. The van der Waals surface area contributed by atoms with E-state index in [2.05, 4.69) is 15.6 Å². The van der Waals surface area contributed by atoms with E-state index in [1.165, 1.54) is 0 Å². The molecule has 25 heavy (non-hydrogen) atoms. The van der Waals surface area contributed by atoms with Crippen molar-refractivity contribution in [1.82, 2.24) is 15.6 Å². The average Bonchev–Trinajstić information content (AvgIpc) is 3.03. The molecule has 0 saturated heterocycles. The Balaban J connectivity index is 1.93. The first-order valence-electron chi connectivity index (χ1n) is 8.10. The van der Waals surface area contributed by atoms with E-state index >= 15 is 0 Å². The summed E-state index contributed by atoms with van der Waals surface area (Å²) in [6.45, 7) is 5.32. The highest BCUT2D eigenvalue weighted by Crippen LogP contribution is 2.27. The topological polar surface area (TPSA) is 91.3 Å². The van der Waals surface area contributed by atoms with Crippen LogP contribution in [0.5, 0.6) is 0 Å². The van der Waals surface area contributed by atoms with Crippen LogP contribution in [0.2, 0.25) is 0 Å². The molecule has 134 valence electrons. The summed E-state index contributed by atoms with van der Waals surface area (Å²) in [6, 6.07) is 6.93. The molecule has 6 nitrogen and oxygen atoms in total. The van der Waals surface area contributed by atoms with Crippen molar-refractivity contribution >= 4 is 23.2 Å². The minimum atomic E-state index is -0.936. The molecule has 2 aromatic rings. The monoisotopic (exact) mass is 361 g/mol. The highest BCUT2D eigenvalue weighted by atomic mass is 32.1. The summed E-state index contributed by atoms with van der Waals surface area (Å²) >= 11 is 1.59. The van der Waals surface area contributed by atoms with Gasteiger partial charge in [0.2, 0.25) is 11.8 Å². The second-order valence-electron chi connectivity index (χ2n) is 6.08. The number of nitrogens with zero attached hydrogens (tertiary/aromatic N) is 1. The summed E-state index contributed by atoms with van der Waals surface area (Å²) < 4.78 is 0. The lowest BCUT2D eigenvalue weighted by Gasteiger charge is -2.17. The molecule has 0 aliphatic carbocycles. The van der Waals surface area contributed by atoms with Crippen molar-refractivity contribution in [2.45, 2.75) is 33.4 Å². The first-order valence-corrected chi connectivity index (χ1v) is 8.98. The molecule has 0 saturated carbocycles. The normalized spacial score (nSPS) is 12.0. The molecule has 0 fully saturated rings. The number of hydrogen-bond donors (Lipinski definition) is 3. The van der Waals surface area contributed by atoms with Crippen LogP contribution in [0.15, 0.2) is 29.8 Å². The lowest BCUT2D eigenvalue weighted by Crippen LogP contribution is -2.49. The van der Waals surface area contributed by atoms with Crippen LogP contribution in [0.4, 0.5) is 0 Å². The van der Waals surface area contributed by atoms with Gasteiger partial charge in [0.25, 0.3) is 0 Å². The van der Waals surface area contributed by atoms with Gasteiger partial charge in [0.05, 0.1) is 22.7 Å². The highest BCUT2D eigenvalue weighted by Gasteiger charge is 2.20. The number of rotatable bonds is 7. The van der Waals surface area contributed by atoms with Crippen LogP contribution in [-0.4, -0.2) is 34.6 Å². The molecule has 1 atom stereocenters. The van der Waals surface area contributed by atoms with E-state index in [1.54, 1.807) is 25.2 Å². The number of aromatic nitrogens is 1. The van der Waals surface area contributed by atoms with Crippen molar-refractivity contribution in [3.05, 3.63) is 41.0 Å². The number of carbonyl (C=O) groups excluding carboxylic acids is 2. The Bertz CT molecular complexity index is 725. The van der Waals surface area contributed by atoms with E-state index in [0.717, 1.165) is 21.7 Å². The molecule has 3 N–H and O–H groups in total. The second kappa shape index (κ2) is 8.73. The zero-order valence-corrected chi connectivity index (χ0v) is 15.4. The Labute approximate surface area is 151 Å². The predicted molar refractivity (Wildman–Crippen MR) is 98.0 cm³/mol. The summed E-state index contributed by atoms with van der Waals surface area (Å²) in [5, 5.41) is 14.6.